The van der Waals surface area contributed by atoms with Crippen LogP contribution in [0, 0.1) is 0 Å². The zero-order valence-corrected chi connectivity index (χ0v) is 12.7. The number of rotatable bonds is 6. The van der Waals surface area contributed by atoms with Crippen LogP contribution in [0.15, 0.2) is 39.6 Å². The fourth-order valence-electron chi connectivity index (χ4n) is 1.71. The highest BCUT2D eigenvalue weighted by atomic mass is 32.2. The lowest BCUT2D eigenvalue weighted by molar-refractivity contribution is 0.0563. The molecule has 0 unspecified atom stereocenters. The minimum absolute atomic E-state index is 0.198. The van der Waals surface area contributed by atoms with Gasteiger partial charge in [-0.1, -0.05) is 0 Å². The number of carbonyl (C=O) groups is 1. The minimum atomic E-state index is -0.482. The summed E-state index contributed by atoms with van der Waals surface area (Å²) in [6, 6.07) is 8.90. The Labute approximate surface area is 127 Å². The maximum atomic E-state index is 11.3. The molecule has 1 aromatic heterocycles. The van der Waals surface area contributed by atoms with E-state index in [1.165, 1.54) is 18.9 Å². The lowest BCUT2D eigenvalue weighted by atomic mass is 10.3. The molecule has 1 heterocycles. The van der Waals surface area contributed by atoms with Crippen molar-refractivity contribution in [3.05, 3.63) is 41.9 Å². The predicted molar refractivity (Wildman–Crippen MR) is 81.6 cm³/mol. The van der Waals surface area contributed by atoms with Gasteiger partial charge in [-0.25, -0.2) is 4.79 Å². The van der Waals surface area contributed by atoms with E-state index < -0.39 is 5.97 Å². The first kappa shape index (κ1) is 15.3. The van der Waals surface area contributed by atoms with Gasteiger partial charge in [0.25, 0.3) is 0 Å². The Hall–Kier alpha value is -2.08. The molecular weight excluding hydrogens is 290 g/mol. The van der Waals surface area contributed by atoms with Gasteiger partial charge in [-0.3, -0.25) is 0 Å². The highest BCUT2D eigenvalue weighted by Gasteiger charge is 2.12. The molecule has 0 aliphatic carbocycles. The summed E-state index contributed by atoms with van der Waals surface area (Å²) in [5.74, 6) is 1.75. The normalized spacial score (nSPS) is 10.4. The topological polar surface area (TPSA) is 74.7 Å². The second kappa shape index (κ2) is 7.08. The molecule has 21 heavy (non-hydrogen) atoms. The minimum Gasteiger partial charge on any atom is -0.494 e. The van der Waals surface area contributed by atoms with Gasteiger partial charge in [-0.2, -0.15) is 0 Å². The molecule has 1 aromatic carbocycles. The van der Waals surface area contributed by atoms with Gasteiger partial charge in [0.05, 0.1) is 19.5 Å². The molecule has 0 aliphatic heterocycles. The van der Waals surface area contributed by atoms with Gasteiger partial charge in [-0.15, -0.1) is 11.8 Å². The third kappa shape index (κ3) is 3.95. The largest absolute Gasteiger partial charge is 0.494 e. The predicted octanol–water partition coefficient (Wildman–Crippen LogP) is 3.34. The van der Waals surface area contributed by atoms with E-state index in [4.69, 9.17) is 14.9 Å². The van der Waals surface area contributed by atoms with Crippen LogP contribution in [0.3, 0.4) is 0 Å². The van der Waals surface area contributed by atoms with Crippen molar-refractivity contribution in [2.24, 2.45) is 0 Å². The summed E-state index contributed by atoms with van der Waals surface area (Å²) in [6.45, 7) is 2.54. The van der Waals surface area contributed by atoms with Crippen molar-refractivity contribution < 1.29 is 18.7 Å². The lowest BCUT2D eigenvalue weighted by Crippen LogP contribution is -1.98. The number of methoxy groups -OCH3 is 1. The number of thioether (sulfide) groups is 1. The molecule has 0 saturated carbocycles. The summed E-state index contributed by atoms with van der Waals surface area (Å²) in [5, 5.41) is 0. The Morgan fingerprint density at radius 1 is 1.33 bits per heavy atom. The van der Waals surface area contributed by atoms with E-state index >= 15 is 0 Å². The number of benzene rings is 1. The van der Waals surface area contributed by atoms with E-state index in [-0.39, 0.29) is 5.76 Å². The molecule has 2 N–H and O–H groups in total. The number of nitrogen functional groups attached to an aromatic ring is 1. The average molecular weight is 307 g/mol. The van der Waals surface area contributed by atoms with Crippen LogP contribution in [-0.2, 0) is 10.5 Å². The van der Waals surface area contributed by atoms with Crippen molar-refractivity contribution in [3.8, 4) is 5.75 Å². The zero-order valence-electron chi connectivity index (χ0n) is 11.9. The van der Waals surface area contributed by atoms with E-state index in [2.05, 4.69) is 4.74 Å². The van der Waals surface area contributed by atoms with Gasteiger partial charge in [0.15, 0.2) is 0 Å². The molecule has 0 saturated heterocycles. The van der Waals surface area contributed by atoms with Crippen LogP contribution >= 0.6 is 11.8 Å². The van der Waals surface area contributed by atoms with E-state index in [9.17, 15) is 4.79 Å². The summed E-state index contributed by atoms with van der Waals surface area (Å²) >= 11 is 1.52. The molecule has 0 fully saturated rings. The van der Waals surface area contributed by atoms with Gasteiger partial charge in [0.1, 0.15) is 11.5 Å². The standard InChI is InChI=1S/C15H17NO4S/c1-3-19-10-4-6-12(16)14(8-10)21-9-11-5-7-13(20-11)15(17)18-2/h4-8H,3,9,16H2,1-2H3. The molecule has 0 radical (unpaired) electrons. The summed E-state index contributed by atoms with van der Waals surface area (Å²) in [6.07, 6.45) is 0. The molecule has 112 valence electrons. The molecule has 2 rings (SSSR count). The summed E-state index contributed by atoms with van der Waals surface area (Å²) in [4.78, 5) is 12.2. The second-order valence-electron chi connectivity index (χ2n) is 4.18. The number of anilines is 1. The van der Waals surface area contributed by atoms with Crippen LogP contribution in [0.25, 0.3) is 0 Å². The average Bonchev–Trinajstić information content (AvgIpc) is 2.96. The number of carbonyl (C=O) groups excluding carboxylic acids is 1. The number of nitrogens with two attached hydrogens (primary N) is 1. The first-order valence-corrected chi connectivity index (χ1v) is 7.44. The van der Waals surface area contributed by atoms with E-state index in [1.807, 2.05) is 25.1 Å². The maximum Gasteiger partial charge on any atom is 0.373 e. The first-order chi connectivity index (χ1) is 10.1. The molecule has 0 atom stereocenters. The van der Waals surface area contributed by atoms with E-state index in [1.54, 1.807) is 12.1 Å². The Balaban J connectivity index is 2.04. The first-order valence-electron chi connectivity index (χ1n) is 6.46. The fraction of sp³-hybridized carbons (Fsp3) is 0.267. The van der Waals surface area contributed by atoms with Crippen molar-refractivity contribution in [1.82, 2.24) is 0 Å². The number of hydrogen-bond acceptors (Lipinski definition) is 6. The Morgan fingerprint density at radius 3 is 2.86 bits per heavy atom. The van der Waals surface area contributed by atoms with Gasteiger partial charge >= 0.3 is 5.97 Å². The van der Waals surface area contributed by atoms with Crippen LogP contribution < -0.4 is 10.5 Å². The zero-order chi connectivity index (χ0) is 15.2. The van der Waals surface area contributed by atoms with Crippen LogP contribution in [0.2, 0.25) is 0 Å². The summed E-state index contributed by atoms with van der Waals surface area (Å²) in [5.41, 5.74) is 6.63. The van der Waals surface area contributed by atoms with E-state index in [0.717, 1.165) is 10.6 Å². The molecule has 0 spiro atoms. The quantitative estimate of drug-likeness (QED) is 0.501. The van der Waals surface area contributed by atoms with Crippen molar-refractivity contribution >= 4 is 23.4 Å². The molecule has 6 heteroatoms. The smallest absolute Gasteiger partial charge is 0.373 e. The molecular formula is C15H17NO4S. The van der Waals surface area contributed by atoms with Crippen LogP contribution in [0.5, 0.6) is 5.75 Å². The van der Waals surface area contributed by atoms with Crippen molar-refractivity contribution in [2.75, 3.05) is 19.5 Å². The number of ether oxygens (including phenoxy) is 2. The van der Waals surface area contributed by atoms with Crippen LogP contribution in [0.1, 0.15) is 23.2 Å². The molecule has 0 bridgehead atoms. The molecule has 2 aromatic rings. The van der Waals surface area contributed by atoms with Crippen molar-refractivity contribution in [2.45, 2.75) is 17.6 Å². The highest BCUT2D eigenvalue weighted by molar-refractivity contribution is 7.98. The lowest BCUT2D eigenvalue weighted by Gasteiger charge is -2.08. The van der Waals surface area contributed by atoms with Crippen LogP contribution in [-0.4, -0.2) is 19.7 Å². The van der Waals surface area contributed by atoms with Gasteiger partial charge in [0, 0.05) is 10.6 Å². The highest BCUT2D eigenvalue weighted by Crippen LogP contribution is 2.32. The molecule has 5 nitrogen and oxygen atoms in total. The molecule has 0 amide bonds. The van der Waals surface area contributed by atoms with Crippen molar-refractivity contribution in [1.29, 1.82) is 0 Å². The third-order valence-electron chi connectivity index (χ3n) is 2.71. The number of furan rings is 1. The monoisotopic (exact) mass is 307 g/mol. The summed E-state index contributed by atoms with van der Waals surface area (Å²) < 4.78 is 15.5. The molecule has 0 aliphatic rings. The van der Waals surface area contributed by atoms with Gasteiger partial charge in [0.2, 0.25) is 5.76 Å². The number of esters is 1. The van der Waals surface area contributed by atoms with Crippen LogP contribution in [0.4, 0.5) is 5.69 Å². The second-order valence-corrected chi connectivity index (χ2v) is 5.20. The SMILES string of the molecule is CCOc1ccc(N)c(SCc2ccc(C(=O)OC)o2)c1. The van der Waals surface area contributed by atoms with Gasteiger partial charge in [-0.05, 0) is 37.3 Å². The Bertz CT molecular complexity index is 624. The van der Waals surface area contributed by atoms with Crippen molar-refractivity contribution in [3.63, 3.8) is 0 Å². The fourth-order valence-corrected chi connectivity index (χ4v) is 2.60. The Morgan fingerprint density at radius 2 is 2.14 bits per heavy atom. The number of hydrogen-bond donors (Lipinski definition) is 1. The maximum absolute atomic E-state index is 11.3. The summed E-state index contributed by atoms with van der Waals surface area (Å²) in [7, 11) is 1.32. The van der Waals surface area contributed by atoms with E-state index in [0.29, 0.717) is 23.8 Å². The Kier molecular flexibility index (Phi) is 5.16. The van der Waals surface area contributed by atoms with Gasteiger partial charge < -0.3 is 19.6 Å². The third-order valence-corrected chi connectivity index (χ3v) is 3.81.